The number of methoxy groups -OCH3 is 1. The molecule has 0 radical (unpaired) electrons. The number of nitrogens with one attached hydrogen (secondary N) is 2. The van der Waals surface area contributed by atoms with Gasteiger partial charge in [-0.3, -0.25) is 4.99 Å². The molecule has 1 rings (SSSR count). The quantitative estimate of drug-likeness (QED) is 0.427. The molecule has 0 bridgehead atoms. The summed E-state index contributed by atoms with van der Waals surface area (Å²) in [7, 11) is 3.39. The Morgan fingerprint density at radius 1 is 1.40 bits per heavy atom. The van der Waals surface area contributed by atoms with Crippen molar-refractivity contribution in [2.24, 2.45) is 4.99 Å². The highest BCUT2D eigenvalue weighted by molar-refractivity contribution is 14.0. The van der Waals surface area contributed by atoms with Crippen LogP contribution >= 0.6 is 47.2 Å². The number of ether oxygens (including phenoxy) is 1. The lowest BCUT2D eigenvalue weighted by atomic mass is 10.2. The molecule has 0 aliphatic rings. The molecule has 7 heteroatoms. The molecule has 1 atom stereocenters. The lowest BCUT2D eigenvalue weighted by Crippen LogP contribution is -2.43. The SMILES string of the molecule is CN=C(NCc1ccc(Cl)cc1Cl)NC(C)COC.I. The summed E-state index contributed by atoms with van der Waals surface area (Å²) in [6, 6.07) is 5.61. The summed E-state index contributed by atoms with van der Waals surface area (Å²) in [6.45, 7) is 3.21. The fourth-order valence-electron chi connectivity index (χ4n) is 1.56. The van der Waals surface area contributed by atoms with Crippen LogP contribution in [0.2, 0.25) is 10.0 Å². The largest absolute Gasteiger partial charge is 0.383 e. The summed E-state index contributed by atoms with van der Waals surface area (Å²) in [5.41, 5.74) is 0.966. The Balaban J connectivity index is 0.00000361. The minimum atomic E-state index is 0. The van der Waals surface area contributed by atoms with Crippen LogP contribution in [0.3, 0.4) is 0 Å². The molecule has 0 fully saturated rings. The predicted octanol–water partition coefficient (Wildman–Crippen LogP) is 3.31. The number of hydrogen-bond acceptors (Lipinski definition) is 2. The minimum absolute atomic E-state index is 0. The molecular weight excluding hydrogens is 412 g/mol. The van der Waals surface area contributed by atoms with Crippen LogP contribution in [0.5, 0.6) is 0 Å². The molecule has 0 saturated heterocycles. The van der Waals surface area contributed by atoms with E-state index in [-0.39, 0.29) is 30.0 Å². The van der Waals surface area contributed by atoms with Crippen LogP contribution in [0.1, 0.15) is 12.5 Å². The van der Waals surface area contributed by atoms with Crippen molar-refractivity contribution in [3.05, 3.63) is 33.8 Å². The van der Waals surface area contributed by atoms with Gasteiger partial charge in [-0.25, -0.2) is 0 Å². The van der Waals surface area contributed by atoms with E-state index >= 15 is 0 Å². The molecule has 0 amide bonds. The van der Waals surface area contributed by atoms with Crippen LogP contribution in [0.4, 0.5) is 0 Å². The van der Waals surface area contributed by atoms with Crippen LogP contribution < -0.4 is 10.6 Å². The third kappa shape index (κ3) is 6.97. The zero-order valence-corrected chi connectivity index (χ0v) is 15.6. The van der Waals surface area contributed by atoms with E-state index in [4.69, 9.17) is 27.9 Å². The summed E-state index contributed by atoms with van der Waals surface area (Å²) in [5, 5.41) is 7.67. The number of aliphatic imine (C=N–C) groups is 1. The third-order valence-electron chi connectivity index (χ3n) is 2.48. The molecule has 0 aliphatic carbocycles. The summed E-state index contributed by atoms with van der Waals surface area (Å²) in [6.07, 6.45) is 0. The molecule has 0 heterocycles. The van der Waals surface area contributed by atoms with Crippen LogP contribution in [0.15, 0.2) is 23.2 Å². The van der Waals surface area contributed by atoms with Gasteiger partial charge in [0.05, 0.1) is 6.61 Å². The van der Waals surface area contributed by atoms with Gasteiger partial charge < -0.3 is 15.4 Å². The first-order valence-electron chi connectivity index (χ1n) is 5.97. The fourth-order valence-corrected chi connectivity index (χ4v) is 2.04. The Kier molecular flexibility index (Phi) is 10.4. The van der Waals surface area contributed by atoms with Crippen molar-refractivity contribution in [1.82, 2.24) is 10.6 Å². The van der Waals surface area contributed by atoms with Crippen molar-refractivity contribution in [2.75, 3.05) is 20.8 Å². The molecule has 0 aliphatic heterocycles. The average molecular weight is 432 g/mol. The molecule has 114 valence electrons. The van der Waals surface area contributed by atoms with Crippen molar-refractivity contribution in [2.45, 2.75) is 19.5 Å². The van der Waals surface area contributed by atoms with Gasteiger partial charge in [-0.05, 0) is 24.6 Å². The summed E-state index contributed by atoms with van der Waals surface area (Å²) >= 11 is 12.0. The van der Waals surface area contributed by atoms with Gasteiger partial charge in [0.2, 0.25) is 0 Å². The maximum atomic E-state index is 6.11. The normalized spacial score (nSPS) is 12.6. The van der Waals surface area contributed by atoms with Crippen LogP contribution in [-0.4, -0.2) is 32.8 Å². The van der Waals surface area contributed by atoms with Crippen molar-refractivity contribution in [1.29, 1.82) is 0 Å². The smallest absolute Gasteiger partial charge is 0.191 e. The van der Waals surface area contributed by atoms with Gasteiger partial charge in [0.1, 0.15) is 0 Å². The second-order valence-corrected chi connectivity index (χ2v) is 5.01. The summed E-state index contributed by atoms with van der Waals surface area (Å²) in [4.78, 5) is 4.14. The van der Waals surface area contributed by atoms with Gasteiger partial charge in [-0.15, -0.1) is 24.0 Å². The molecule has 4 nitrogen and oxygen atoms in total. The Hall–Kier alpha value is -0.240. The van der Waals surface area contributed by atoms with Gasteiger partial charge in [0, 0.05) is 36.8 Å². The molecule has 1 aromatic rings. The minimum Gasteiger partial charge on any atom is -0.383 e. The topological polar surface area (TPSA) is 45.7 Å². The van der Waals surface area contributed by atoms with Crippen LogP contribution in [0.25, 0.3) is 0 Å². The second-order valence-electron chi connectivity index (χ2n) is 4.16. The third-order valence-corrected chi connectivity index (χ3v) is 3.07. The zero-order valence-electron chi connectivity index (χ0n) is 11.7. The first-order chi connectivity index (χ1) is 9.06. The first kappa shape index (κ1) is 19.8. The van der Waals surface area contributed by atoms with E-state index in [1.807, 2.05) is 19.1 Å². The monoisotopic (exact) mass is 431 g/mol. The Morgan fingerprint density at radius 2 is 2.10 bits per heavy atom. The van der Waals surface area contributed by atoms with E-state index in [2.05, 4.69) is 15.6 Å². The van der Waals surface area contributed by atoms with Crippen molar-refractivity contribution < 1.29 is 4.74 Å². The van der Waals surface area contributed by atoms with Gasteiger partial charge in [0.25, 0.3) is 0 Å². The lowest BCUT2D eigenvalue weighted by Gasteiger charge is -2.17. The number of guanidine groups is 1. The molecule has 0 aromatic heterocycles. The number of benzene rings is 1. The van der Waals surface area contributed by atoms with E-state index in [0.29, 0.717) is 29.2 Å². The van der Waals surface area contributed by atoms with Gasteiger partial charge in [-0.2, -0.15) is 0 Å². The highest BCUT2D eigenvalue weighted by Gasteiger charge is 2.06. The second kappa shape index (κ2) is 10.5. The fraction of sp³-hybridized carbons (Fsp3) is 0.462. The Morgan fingerprint density at radius 3 is 2.65 bits per heavy atom. The molecular formula is C13H20Cl2IN3O. The van der Waals surface area contributed by atoms with Crippen LogP contribution in [0, 0.1) is 0 Å². The summed E-state index contributed by atoms with van der Waals surface area (Å²) in [5.74, 6) is 0.704. The van der Waals surface area contributed by atoms with E-state index in [1.165, 1.54) is 0 Å². The van der Waals surface area contributed by atoms with Crippen molar-refractivity contribution in [3.63, 3.8) is 0 Å². The van der Waals surface area contributed by atoms with E-state index in [9.17, 15) is 0 Å². The molecule has 1 aromatic carbocycles. The van der Waals surface area contributed by atoms with E-state index in [1.54, 1.807) is 20.2 Å². The maximum absolute atomic E-state index is 6.11. The number of hydrogen-bond donors (Lipinski definition) is 2. The number of nitrogens with zero attached hydrogens (tertiary/aromatic N) is 1. The lowest BCUT2D eigenvalue weighted by molar-refractivity contribution is 0.179. The van der Waals surface area contributed by atoms with Crippen molar-refractivity contribution >= 4 is 53.1 Å². The predicted molar refractivity (Wildman–Crippen MR) is 96.5 cm³/mol. The number of rotatable bonds is 5. The first-order valence-corrected chi connectivity index (χ1v) is 6.72. The number of halogens is 3. The van der Waals surface area contributed by atoms with E-state index in [0.717, 1.165) is 5.56 Å². The molecule has 0 spiro atoms. The Bertz CT molecular complexity index is 444. The Labute approximate surface area is 147 Å². The zero-order chi connectivity index (χ0) is 14.3. The maximum Gasteiger partial charge on any atom is 0.191 e. The van der Waals surface area contributed by atoms with Gasteiger partial charge in [-0.1, -0.05) is 29.3 Å². The highest BCUT2D eigenvalue weighted by Crippen LogP contribution is 2.20. The molecule has 2 N–H and O–H groups in total. The molecule has 20 heavy (non-hydrogen) atoms. The molecule has 1 unspecified atom stereocenters. The van der Waals surface area contributed by atoms with E-state index < -0.39 is 0 Å². The van der Waals surface area contributed by atoms with Gasteiger partial charge >= 0.3 is 0 Å². The van der Waals surface area contributed by atoms with Crippen molar-refractivity contribution in [3.8, 4) is 0 Å². The van der Waals surface area contributed by atoms with Crippen LogP contribution in [-0.2, 0) is 11.3 Å². The molecule has 0 saturated carbocycles. The average Bonchev–Trinajstić information content (AvgIpc) is 2.36. The standard InChI is InChI=1S/C13H19Cl2N3O.HI/c1-9(8-19-3)18-13(16-2)17-7-10-4-5-11(14)6-12(10)15;/h4-6,9H,7-8H2,1-3H3,(H2,16,17,18);1H. The summed E-state index contributed by atoms with van der Waals surface area (Å²) < 4.78 is 5.06. The highest BCUT2D eigenvalue weighted by atomic mass is 127. The van der Waals surface area contributed by atoms with Gasteiger partial charge in [0.15, 0.2) is 5.96 Å².